The summed E-state index contributed by atoms with van der Waals surface area (Å²) >= 11 is 0. The second kappa shape index (κ2) is 4.71. The van der Waals surface area contributed by atoms with Gasteiger partial charge in [0.05, 0.1) is 0 Å². The summed E-state index contributed by atoms with van der Waals surface area (Å²) in [6, 6.07) is 6.60. The van der Waals surface area contributed by atoms with Crippen LogP contribution >= 0.6 is 0 Å². The van der Waals surface area contributed by atoms with Crippen molar-refractivity contribution < 1.29 is 10.0 Å². The van der Waals surface area contributed by atoms with Gasteiger partial charge in [0.2, 0.25) is 0 Å². The Morgan fingerprint density at radius 3 is 2.00 bits per heavy atom. The fourth-order valence-electron chi connectivity index (χ4n) is 4.55. The highest BCUT2D eigenvalue weighted by molar-refractivity contribution is 6.60. The molecule has 0 atom stereocenters. The average molecular weight is 294 g/mol. The lowest BCUT2D eigenvalue weighted by Gasteiger charge is -2.26. The number of hydrogen-bond donors (Lipinski definition) is 2. The van der Waals surface area contributed by atoms with E-state index in [1.165, 1.54) is 33.4 Å². The second-order valence-electron chi connectivity index (χ2n) is 7.16. The molecule has 0 bridgehead atoms. The third-order valence-corrected chi connectivity index (χ3v) is 5.11. The van der Waals surface area contributed by atoms with Crippen LogP contribution in [0, 0.1) is 27.7 Å². The lowest BCUT2D eigenvalue weighted by Crippen LogP contribution is -2.36. The maximum absolute atomic E-state index is 9.76. The highest BCUT2D eigenvalue weighted by Crippen LogP contribution is 2.51. The molecular weight excluding hydrogens is 271 g/mol. The Labute approximate surface area is 133 Å². The van der Waals surface area contributed by atoms with Gasteiger partial charge < -0.3 is 10.0 Å². The Morgan fingerprint density at radius 1 is 0.818 bits per heavy atom. The Kier molecular flexibility index (Phi) is 3.28. The zero-order valence-electron chi connectivity index (χ0n) is 14.2. The van der Waals surface area contributed by atoms with Gasteiger partial charge in [-0.25, -0.2) is 0 Å². The van der Waals surface area contributed by atoms with Crippen LogP contribution < -0.4 is 5.46 Å². The molecule has 0 saturated carbocycles. The maximum atomic E-state index is 9.76. The molecule has 0 saturated heterocycles. The third kappa shape index (κ3) is 1.89. The molecule has 0 amide bonds. The van der Waals surface area contributed by atoms with Gasteiger partial charge in [-0.05, 0) is 66.5 Å². The van der Waals surface area contributed by atoms with Gasteiger partial charge in [-0.3, -0.25) is 0 Å². The maximum Gasteiger partial charge on any atom is 0.488 e. The van der Waals surface area contributed by atoms with Crippen molar-refractivity contribution in [2.45, 2.75) is 47.0 Å². The van der Waals surface area contributed by atoms with E-state index in [-0.39, 0.29) is 5.41 Å². The molecule has 114 valence electrons. The minimum Gasteiger partial charge on any atom is -0.423 e. The smallest absolute Gasteiger partial charge is 0.423 e. The van der Waals surface area contributed by atoms with Crippen LogP contribution in [-0.2, 0) is 5.41 Å². The first kappa shape index (κ1) is 15.3. The van der Waals surface area contributed by atoms with Crippen molar-refractivity contribution in [3.05, 3.63) is 51.6 Å². The fourth-order valence-corrected chi connectivity index (χ4v) is 4.55. The zero-order chi connectivity index (χ0) is 16.4. The van der Waals surface area contributed by atoms with Crippen molar-refractivity contribution in [3.63, 3.8) is 0 Å². The predicted octanol–water partition coefficient (Wildman–Crippen LogP) is 2.91. The van der Waals surface area contributed by atoms with E-state index < -0.39 is 7.12 Å². The molecule has 0 radical (unpaired) electrons. The number of fused-ring (bicyclic) bond motifs is 3. The molecule has 0 heterocycles. The van der Waals surface area contributed by atoms with Gasteiger partial charge >= 0.3 is 7.12 Å². The van der Waals surface area contributed by atoms with Gasteiger partial charge in [-0.1, -0.05) is 43.2 Å². The van der Waals surface area contributed by atoms with Gasteiger partial charge in [0.1, 0.15) is 0 Å². The van der Waals surface area contributed by atoms with Gasteiger partial charge in [-0.15, -0.1) is 0 Å². The minimum absolute atomic E-state index is 0.121. The fraction of sp³-hybridized carbons (Fsp3) is 0.368. The normalized spacial score (nSPS) is 14.7. The second-order valence-corrected chi connectivity index (χ2v) is 7.16. The summed E-state index contributed by atoms with van der Waals surface area (Å²) in [5.74, 6) is 0. The monoisotopic (exact) mass is 294 g/mol. The summed E-state index contributed by atoms with van der Waals surface area (Å²) in [6.45, 7) is 12.7. The van der Waals surface area contributed by atoms with Crippen molar-refractivity contribution >= 4 is 12.6 Å². The number of rotatable bonds is 1. The highest BCUT2D eigenvalue weighted by Gasteiger charge is 2.39. The molecule has 22 heavy (non-hydrogen) atoms. The lowest BCUT2D eigenvalue weighted by atomic mass is 9.69. The van der Waals surface area contributed by atoms with Crippen LogP contribution in [0.25, 0.3) is 11.1 Å². The van der Waals surface area contributed by atoms with Crippen molar-refractivity contribution in [3.8, 4) is 11.1 Å². The SMILES string of the molecule is Cc1cc(C)c2c(c1)-c1cc(C)c(B(O)O)c(C)c1C2(C)C. The van der Waals surface area contributed by atoms with Crippen LogP contribution in [-0.4, -0.2) is 17.2 Å². The van der Waals surface area contributed by atoms with E-state index >= 15 is 0 Å². The van der Waals surface area contributed by atoms with E-state index in [0.717, 1.165) is 11.1 Å². The predicted molar refractivity (Wildman–Crippen MR) is 92.8 cm³/mol. The van der Waals surface area contributed by atoms with Crippen LogP contribution in [0.2, 0.25) is 0 Å². The molecule has 2 aromatic rings. The molecule has 0 aromatic heterocycles. The quantitative estimate of drug-likeness (QED) is 0.794. The van der Waals surface area contributed by atoms with Crippen molar-refractivity contribution in [2.24, 2.45) is 0 Å². The molecule has 1 aliphatic rings. The molecule has 1 aliphatic carbocycles. The molecule has 2 aromatic carbocycles. The van der Waals surface area contributed by atoms with Gasteiger partial charge in [0.15, 0.2) is 0 Å². The third-order valence-electron chi connectivity index (χ3n) is 5.11. The van der Waals surface area contributed by atoms with Crippen molar-refractivity contribution in [1.82, 2.24) is 0 Å². The molecule has 0 aliphatic heterocycles. The summed E-state index contributed by atoms with van der Waals surface area (Å²) in [6.07, 6.45) is 0. The Morgan fingerprint density at radius 2 is 1.41 bits per heavy atom. The summed E-state index contributed by atoms with van der Waals surface area (Å²) in [5.41, 5.74) is 10.2. The lowest BCUT2D eigenvalue weighted by molar-refractivity contribution is 0.425. The van der Waals surface area contributed by atoms with Gasteiger partial charge in [-0.2, -0.15) is 0 Å². The van der Waals surface area contributed by atoms with Gasteiger partial charge in [0, 0.05) is 5.41 Å². The van der Waals surface area contributed by atoms with Gasteiger partial charge in [0.25, 0.3) is 0 Å². The Balaban J connectivity index is 2.45. The van der Waals surface area contributed by atoms with Crippen molar-refractivity contribution in [2.75, 3.05) is 0 Å². The zero-order valence-corrected chi connectivity index (χ0v) is 14.2. The van der Waals surface area contributed by atoms with Crippen LogP contribution in [0.3, 0.4) is 0 Å². The van der Waals surface area contributed by atoms with E-state index in [0.29, 0.717) is 5.46 Å². The largest absolute Gasteiger partial charge is 0.488 e. The molecule has 3 heteroatoms. The number of aryl methyl sites for hydroxylation is 3. The average Bonchev–Trinajstić information content (AvgIpc) is 2.56. The Bertz CT molecular complexity index is 789. The molecular formula is C19H23BO2. The summed E-state index contributed by atoms with van der Waals surface area (Å²) in [4.78, 5) is 0. The first-order valence-corrected chi connectivity index (χ1v) is 7.79. The van der Waals surface area contributed by atoms with E-state index in [1.54, 1.807) is 0 Å². The number of benzene rings is 2. The Hall–Kier alpha value is -1.58. The first-order valence-electron chi connectivity index (χ1n) is 7.79. The van der Waals surface area contributed by atoms with Crippen LogP contribution in [0.1, 0.15) is 47.2 Å². The summed E-state index contributed by atoms with van der Waals surface area (Å²) in [7, 11) is -1.42. The standard InChI is InChI=1S/C19H23BO2/c1-10-7-11(2)16-14(8-10)15-9-12(3)18(20(21)22)13(4)17(15)19(16,5)6/h7-9,21-22H,1-6H3. The van der Waals surface area contributed by atoms with E-state index in [2.05, 4.69) is 45.9 Å². The summed E-state index contributed by atoms with van der Waals surface area (Å²) < 4.78 is 0. The first-order chi connectivity index (χ1) is 10.2. The molecule has 0 unspecified atom stereocenters. The van der Waals surface area contributed by atoms with Crippen LogP contribution in [0.5, 0.6) is 0 Å². The molecule has 0 spiro atoms. The van der Waals surface area contributed by atoms with E-state index in [9.17, 15) is 10.0 Å². The molecule has 3 rings (SSSR count). The number of hydrogen-bond acceptors (Lipinski definition) is 2. The molecule has 0 fully saturated rings. The topological polar surface area (TPSA) is 40.5 Å². The molecule has 2 N–H and O–H groups in total. The van der Waals surface area contributed by atoms with Crippen LogP contribution in [0.4, 0.5) is 0 Å². The summed E-state index contributed by atoms with van der Waals surface area (Å²) in [5, 5.41) is 19.5. The van der Waals surface area contributed by atoms with E-state index in [1.807, 2.05) is 13.8 Å². The molecule has 2 nitrogen and oxygen atoms in total. The van der Waals surface area contributed by atoms with E-state index in [4.69, 9.17) is 0 Å². The minimum atomic E-state index is -1.42. The van der Waals surface area contributed by atoms with Crippen molar-refractivity contribution in [1.29, 1.82) is 0 Å². The van der Waals surface area contributed by atoms with Crippen LogP contribution in [0.15, 0.2) is 18.2 Å². The highest BCUT2D eigenvalue weighted by atomic mass is 16.4.